The summed E-state index contributed by atoms with van der Waals surface area (Å²) < 4.78 is 0. The van der Waals surface area contributed by atoms with E-state index >= 15 is 0 Å². The highest BCUT2D eigenvalue weighted by Gasteiger charge is 2.56. The molecule has 6 heteroatoms. The maximum Gasteiger partial charge on any atom is 0.309 e. The van der Waals surface area contributed by atoms with Crippen molar-refractivity contribution in [1.82, 2.24) is 0 Å². The third kappa shape index (κ3) is 2.73. The predicted octanol–water partition coefficient (Wildman–Crippen LogP) is 5.61. The maximum atomic E-state index is 12.7. The van der Waals surface area contributed by atoms with Gasteiger partial charge >= 0.3 is 5.97 Å². The summed E-state index contributed by atoms with van der Waals surface area (Å²) in [6.07, 6.45) is 2.32. The van der Waals surface area contributed by atoms with Gasteiger partial charge in [0.25, 0.3) is 0 Å². The highest BCUT2D eigenvalue weighted by Crippen LogP contribution is 2.58. The lowest BCUT2D eigenvalue weighted by Crippen LogP contribution is -2.50. The Morgan fingerprint density at radius 3 is 2.54 bits per heavy atom. The minimum absolute atomic E-state index is 0.111. The van der Waals surface area contributed by atoms with Gasteiger partial charge in [-0.15, -0.1) is 0 Å². The van der Waals surface area contributed by atoms with Gasteiger partial charge in [-0.1, -0.05) is 50.4 Å². The van der Waals surface area contributed by atoms with Gasteiger partial charge in [0.1, 0.15) is 0 Å². The average Bonchev–Trinajstić information content (AvgIpc) is 2.63. The van der Waals surface area contributed by atoms with E-state index in [4.69, 9.17) is 23.2 Å². The molecule has 0 spiro atoms. The summed E-state index contributed by atoms with van der Waals surface area (Å²) in [7, 11) is 0. The molecule has 0 bridgehead atoms. The normalized spacial score (nSPS) is 31.0. The van der Waals surface area contributed by atoms with Crippen molar-refractivity contribution in [2.45, 2.75) is 64.7 Å². The smallest absolute Gasteiger partial charge is 0.309 e. The minimum atomic E-state index is -0.957. The fourth-order valence-corrected chi connectivity index (χ4v) is 5.95. The predicted molar refractivity (Wildman–Crippen MR) is 104 cm³/mol. The lowest BCUT2D eigenvalue weighted by atomic mass is 9.53. The molecule has 1 aromatic rings. The molecule has 142 valence electrons. The zero-order chi connectivity index (χ0) is 19.4. The largest absolute Gasteiger partial charge is 0.481 e. The molecular formula is C20H25Cl2NO3. The van der Waals surface area contributed by atoms with Crippen LogP contribution in [0.1, 0.15) is 70.4 Å². The van der Waals surface area contributed by atoms with Crippen molar-refractivity contribution in [3.8, 4) is 0 Å². The van der Waals surface area contributed by atoms with E-state index in [2.05, 4.69) is 12.2 Å². The first kappa shape index (κ1) is 19.5. The Labute approximate surface area is 164 Å². The summed E-state index contributed by atoms with van der Waals surface area (Å²) in [5.74, 6) is -1.24. The van der Waals surface area contributed by atoms with Gasteiger partial charge < -0.3 is 10.4 Å². The number of carboxylic acids is 1. The number of rotatable bonds is 2. The molecule has 0 aromatic heterocycles. The SMILES string of the molecule is CC(C)c1c(Cl)cc2c(c1Cl)NC(=O)C[C@H]1[C@](C)(C(=O)O)CCC[C@]21C. The molecule has 0 saturated heterocycles. The highest BCUT2D eigenvalue weighted by atomic mass is 35.5. The molecule has 4 nitrogen and oxygen atoms in total. The summed E-state index contributed by atoms with van der Waals surface area (Å²) in [5, 5.41) is 13.9. The van der Waals surface area contributed by atoms with Crippen LogP contribution in [0.3, 0.4) is 0 Å². The number of aliphatic carboxylic acids is 1. The molecule has 2 N–H and O–H groups in total. The van der Waals surface area contributed by atoms with E-state index in [0.29, 0.717) is 22.2 Å². The fraction of sp³-hybridized carbons (Fsp3) is 0.600. The number of hydrogen-bond acceptors (Lipinski definition) is 2. The Morgan fingerprint density at radius 1 is 1.31 bits per heavy atom. The fourth-order valence-electron chi connectivity index (χ4n) is 5.02. The van der Waals surface area contributed by atoms with Crippen molar-refractivity contribution in [2.75, 3.05) is 5.32 Å². The van der Waals surface area contributed by atoms with Gasteiger partial charge in [-0.25, -0.2) is 0 Å². The van der Waals surface area contributed by atoms with Crippen LogP contribution in [0.15, 0.2) is 6.07 Å². The molecule has 1 heterocycles. The minimum Gasteiger partial charge on any atom is -0.481 e. The molecule has 1 amide bonds. The lowest BCUT2D eigenvalue weighted by Gasteiger charge is -2.49. The van der Waals surface area contributed by atoms with Gasteiger partial charge in [0.15, 0.2) is 0 Å². The standard InChI is InChI=1S/C20H25Cl2NO3/c1-10(2)15-12(21)8-11-17(16(15)22)23-14(24)9-13-19(11,3)6-5-7-20(13,4)18(25)26/h8,10,13H,5-7,9H2,1-4H3,(H,23,24)(H,25,26)/t13-,19-,20-/m1/s1. The van der Waals surface area contributed by atoms with Crippen LogP contribution < -0.4 is 5.32 Å². The van der Waals surface area contributed by atoms with E-state index in [0.717, 1.165) is 24.0 Å². The van der Waals surface area contributed by atoms with E-state index in [1.807, 2.05) is 19.9 Å². The summed E-state index contributed by atoms with van der Waals surface area (Å²) in [6, 6.07) is 1.89. The van der Waals surface area contributed by atoms with Crippen LogP contribution in [0.25, 0.3) is 0 Å². The number of carbonyl (C=O) groups is 2. The molecule has 3 atom stereocenters. The number of nitrogens with one attached hydrogen (secondary N) is 1. The first-order chi connectivity index (χ1) is 12.0. The van der Waals surface area contributed by atoms with Gasteiger partial charge in [-0.3, -0.25) is 9.59 Å². The van der Waals surface area contributed by atoms with Crippen LogP contribution >= 0.6 is 23.2 Å². The van der Waals surface area contributed by atoms with Crippen molar-refractivity contribution < 1.29 is 14.7 Å². The zero-order valence-electron chi connectivity index (χ0n) is 15.6. The van der Waals surface area contributed by atoms with Crippen LogP contribution in [0.4, 0.5) is 5.69 Å². The van der Waals surface area contributed by atoms with Crippen molar-refractivity contribution in [3.05, 3.63) is 27.2 Å². The Morgan fingerprint density at radius 2 is 1.96 bits per heavy atom. The Bertz CT molecular complexity index is 792. The van der Waals surface area contributed by atoms with Crippen LogP contribution in [0, 0.1) is 11.3 Å². The number of fused-ring (bicyclic) bond motifs is 3. The topological polar surface area (TPSA) is 66.4 Å². The Balaban J connectivity index is 2.29. The quantitative estimate of drug-likeness (QED) is 0.681. The number of hydrogen-bond donors (Lipinski definition) is 2. The average molecular weight is 398 g/mol. The molecule has 26 heavy (non-hydrogen) atoms. The zero-order valence-corrected chi connectivity index (χ0v) is 17.1. The van der Waals surface area contributed by atoms with Crippen LogP contribution in [-0.2, 0) is 15.0 Å². The highest BCUT2D eigenvalue weighted by molar-refractivity contribution is 6.38. The molecule has 0 radical (unpaired) electrons. The van der Waals surface area contributed by atoms with Crippen molar-refractivity contribution in [1.29, 1.82) is 0 Å². The molecule has 1 aliphatic heterocycles. The van der Waals surface area contributed by atoms with E-state index in [1.54, 1.807) is 6.92 Å². The summed E-state index contributed by atoms with van der Waals surface area (Å²) in [6.45, 7) is 7.83. The first-order valence-electron chi connectivity index (χ1n) is 9.08. The number of carboxylic acid groups (broad SMARTS) is 1. The van der Waals surface area contributed by atoms with Crippen molar-refractivity contribution in [3.63, 3.8) is 0 Å². The number of anilines is 1. The molecule has 3 rings (SSSR count). The van der Waals surface area contributed by atoms with E-state index in [-0.39, 0.29) is 24.2 Å². The second-order valence-corrected chi connectivity index (χ2v) is 9.25. The maximum absolute atomic E-state index is 12.7. The van der Waals surface area contributed by atoms with Gasteiger partial charge in [-0.2, -0.15) is 0 Å². The third-order valence-electron chi connectivity index (χ3n) is 6.52. The van der Waals surface area contributed by atoms with Crippen LogP contribution in [-0.4, -0.2) is 17.0 Å². The lowest BCUT2D eigenvalue weighted by molar-refractivity contribution is -0.157. The molecule has 1 fully saturated rings. The summed E-state index contributed by atoms with van der Waals surface area (Å²) in [4.78, 5) is 24.8. The van der Waals surface area contributed by atoms with Gasteiger partial charge in [0, 0.05) is 11.4 Å². The van der Waals surface area contributed by atoms with E-state index in [1.165, 1.54) is 0 Å². The van der Waals surface area contributed by atoms with Crippen LogP contribution in [0.5, 0.6) is 0 Å². The second kappa shape index (κ2) is 6.42. The monoisotopic (exact) mass is 397 g/mol. The van der Waals surface area contributed by atoms with Gasteiger partial charge in [-0.05, 0) is 54.2 Å². The van der Waals surface area contributed by atoms with Crippen molar-refractivity contribution >= 4 is 40.8 Å². The molecular weight excluding hydrogens is 373 g/mol. The molecule has 1 aromatic carbocycles. The van der Waals surface area contributed by atoms with Gasteiger partial charge in [0.2, 0.25) is 5.91 Å². The van der Waals surface area contributed by atoms with Crippen LogP contribution in [0.2, 0.25) is 10.0 Å². The van der Waals surface area contributed by atoms with E-state index in [9.17, 15) is 14.7 Å². The van der Waals surface area contributed by atoms with Crippen molar-refractivity contribution in [2.24, 2.45) is 11.3 Å². The Kier molecular flexibility index (Phi) is 4.81. The van der Waals surface area contributed by atoms with Gasteiger partial charge in [0.05, 0.1) is 16.1 Å². The number of benzene rings is 1. The molecule has 1 aliphatic carbocycles. The molecule has 2 aliphatic rings. The second-order valence-electron chi connectivity index (χ2n) is 8.46. The third-order valence-corrected chi connectivity index (χ3v) is 7.22. The number of carbonyl (C=O) groups excluding carboxylic acids is 1. The number of halogens is 2. The summed E-state index contributed by atoms with van der Waals surface area (Å²) in [5.41, 5.74) is 0.833. The summed E-state index contributed by atoms with van der Waals surface area (Å²) >= 11 is 13.2. The molecule has 1 saturated carbocycles. The first-order valence-corrected chi connectivity index (χ1v) is 9.83. The van der Waals surface area contributed by atoms with E-state index < -0.39 is 16.8 Å². The Hall–Kier alpha value is -1.26. The molecule has 0 unspecified atom stereocenters. The number of amides is 1.